The number of nitrogens with zero attached hydrogens (tertiary/aromatic N) is 1. The van der Waals surface area contributed by atoms with Gasteiger partial charge in [-0.25, -0.2) is 9.37 Å². The summed E-state index contributed by atoms with van der Waals surface area (Å²) in [7, 11) is 0. The van der Waals surface area contributed by atoms with Gasteiger partial charge in [0, 0.05) is 5.56 Å². The van der Waals surface area contributed by atoms with Crippen molar-refractivity contribution in [1.29, 1.82) is 0 Å². The van der Waals surface area contributed by atoms with Crippen LogP contribution in [0, 0.1) is 5.82 Å². The molecule has 0 spiro atoms. The van der Waals surface area contributed by atoms with E-state index in [-0.39, 0.29) is 5.02 Å². The van der Waals surface area contributed by atoms with E-state index in [9.17, 15) is 4.39 Å². The first-order chi connectivity index (χ1) is 7.08. The van der Waals surface area contributed by atoms with Gasteiger partial charge in [0.1, 0.15) is 5.82 Å². The number of nitrogen functional groups attached to an aromatic ring is 1. The smallest absolute Gasteiger partial charge is 0.181 e. The fourth-order valence-corrected chi connectivity index (χ4v) is 2.65. The van der Waals surface area contributed by atoms with Gasteiger partial charge in [-0.05, 0) is 28.1 Å². The van der Waals surface area contributed by atoms with Gasteiger partial charge in [0.15, 0.2) is 5.13 Å². The van der Waals surface area contributed by atoms with Crippen LogP contribution >= 0.6 is 38.9 Å². The number of hydrogen-bond donors (Lipinski definition) is 1. The maximum Gasteiger partial charge on any atom is 0.181 e. The molecule has 0 radical (unpaired) electrons. The van der Waals surface area contributed by atoms with Crippen molar-refractivity contribution >= 4 is 44.0 Å². The molecule has 0 bridgehead atoms. The second kappa shape index (κ2) is 4.08. The third kappa shape index (κ3) is 2.14. The van der Waals surface area contributed by atoms with Crippen LogP contribution in [0.15, 0.2) is 22.0 Å². The zero-order valence-corrected chi connectivity index (χ0v) is 10.5. The van der Waals surface area contributed by atoms with E-state index in [1.54, 1.807) is 6.07 Å². The summed E-state index contributed by atoms with van der Waals surface area (Å²) in [6.07, 6.45) is 0. The van der Waals surface area contributed by atoms with E-state index in [0.29, 0.717) is 16.4 Å². The van der Waals surface area contributed by atoms with E-state index >= 15 is 0 Å². The topological polar surface area (TPSA) is 38.9 Å². The van der Waals surface area contributed by atoms with Crippen molar-refractivity contribution in [2.45, 2.75) is 0 Å². The lowest BCUT2D eigenvalue weighted by molar-refractivity contribution is 0.628. The minimum absolute atomic E-state index is 0.0954. The van der Waals surface area contributed by atoms with Gasteiger partial charge in [-0.2, -0.15) is 0 Å². The standard InChI is InChI=1S/C9H5BrClFN2S/c10-8-7(14-9(13)15-8)4-1-2-5(11)6(12)3-4/h1-3H,(H2,13,14). The summed E-state index contributed by atoms with van der Waals surface area (Å²) >= 11 is 10.2. The average Bonchev–Trinajstić information content (AvgIpc) is 2.50. The van der Waals surface area contributed by atoms with Crippen molar-refractivity contribution in [2.75, 3.05) is 5.73 Å². The highest BCUT2D eigenvalue weighted by atomic mass is 79.9. The zero-order chi connectivity index (χ0) is 11.0. The van der Waals surface area contributed by atoms with Gasteiger partial charge in [-0.3, -0.25) is 0 Å². The summed E-state index contributed by atoms with van der Waals surface area (Å²) in [5.41, 5.74) is 6.82. The molecule has 1 aromatic carbocycles. The Hall–Kier alpha value is -0.650. The molecule has 2 aromatic rings. The summed E-state index contributed by atoms with van der Waals surface area (Å²) in [6, 6.07) is 4.53. The Morgan fingerprint density at radius 3 is 2.73 bits per heavy atom. The fraction of sp³-hybridized carbons (Fsp3) is 0. The Morgan fingerprint density at radius 1 is 1.47 bits per heavy atom. The van der Waals surface area contributed by atoms with Crippen LogP contribution in [0.3, 0.4) is 0 Å². The quantitative estimate of drug-likeness (QED) is 0.866. The predicted octanol–water partition coefficient (Wildman–Crippen LogP) is 3.95. The number of halogens is 3. The van der Waals surface area contributed by atoms with Gasteiger partial charge in [0.2, 0.25) is 0 Å². The number of benzene rings is 1. The molecule has 0 fully saturated rings. The van der Waals surface area contributed by atoms with Crippen molar-refractivity contribution < 1.29 is 4.39 Å². The lowest BCUT2D eigenvalue weighted by Crippen LogP contribution is -1.85. The number of nitrogens with two attached hydrogens (primary N) is 1. The molecule has 0 saturated heterocycles. The van der Waals surface area contributed by atoms with E-state index in [2.05, 4.69) is 20.9 Å². The number of rotatable bonds is 1. The predicted molar refractivity (Wildman–Crippen MR) is 64.6 cm³/mol. The first-order valence-corrected chi connectivity index (χ1v) is 5.94. The SMILES string of the molecule is Nc1nc(-c2ccc(Cl)c(F)c2)c(Br)s1. The van der Waals surface area contributed by atoms with E-state index < -0.39 is 5.82 Å². The Morgan fingerprint density at radius 2 is 2.20 bits per heavy atom. The van der Waals surface area contributed by atoms with Crippen LogP contribution in [0.2, 0.25) is 5.02 Å². The van der Waals surface area contributed by atoms with Crippen LogP contribution in [0.25, 0.3) is 11.3 Å². The Kier molecular flexibility index (Phi) is 2.95. The summed E-state index contributed by atoms with van der Waals surface area (Å²) in [4.78, 5) is 4.09. The monoisotopic (exact) mass is 306 g/mol. The highest BCUT2D eigenvalue weighted by molar-refractivity contribution is 9.11. The van der Waals surface area contributed by atoms with Gasteiger partial charge in [-0.1, -0.05) is 29.0 Å². The summed E-state index contributed by atoms with van der Waals surface area (Å²) < 4.78 is 14.0. The van der Waals surface area contributed by atoms with Crippen molar-refractivity contribution in [2.24, 2.45) is 0 Å². The highest BCUT2D eigenvalue weighted by Gasteiger charge is 2.11. The van der Waals surface area contributed by atoms with Gasteiger partial charge in [0.25, 0.3) is 0 Å². The molecule has 6 heteroatoms. The molecule has 2 nitrogen and oxygen atoms in total. The van der Waals surface area contributed by atoms with Crippen LogP contribution in [-0.2, 0) is 0 Å². The molecule has 0 saturated carbocycles. The molecule has 1 heterocycles. The number of hydrogen-bond acceptors (Lipinski definition) is 3. The maximum atomic E-state index is 13.2. The second-order valence-corrected chi connectivity index (χ2v) is 5.56. The number of aromatic nitrogens is 1. The van der Waals surface area contributed by atoms with Crippen LogP contribution < -0.4 is 5.73 Å². The molecule has 1 aromatic heterocycles. The van der Waals surface area contributed by atoms with Crippen molar-refractivity contribution in [3.05, 3.63) is 32.8 Å². The normalized spacial score (nSPS) is 10.6. The van der Waals surface area contributed by atoms with E-state index in [0.717, 1.165) is 3.79 Å². The van der Waals surface area contributed by atoms with Crippen molar-refractivity contribution in [3.63, 3.8) is 0 Å². The molecular weight excluding hydrogens is 303 g/mol. The number of anilines is 1. The lowest BCUT2D eigenvalue weighted by Gasteiger charge is -1.99. The highest BCUT2D eigenvalue weighted by Crippen LogP contribution is 2.35. The first kappa shape index (κ1) is 10.9. The molecule has 2 N–H and O–H groups in total. The van der Waals surface area contributed by atoms with Gasteiger partial charge >= 0.3 is 0 Å². The summed E-state index contributed by atoms with van der Waals surface area (Å²) in [5, 5.41) is 0.533. The second-order valence-electron chi connectivity index (χ2n) is 2.80. The van der Waals surface area contributed by atoms with Gasteiger partial charge < -0.3 is 5.73 Å². The third-order valence-electron chi connectivity index (χ3n) is 1.80. The van der Waals surface area contributed by atoms with E-state index in [4.69, 9.17) is 17.3 Å². The molecule has 15 heavy (non-hydrogen) atoms. The first-order valence-electron chi connectivity index (χ1n) is 3.95. The van der Waals surface area contributed by atoms with Crippen LogP contribution in [-0.4, -0.2) is 4.98 Å². The van der Waals surface area contributed by atoms with E-state index in [1.807, 2.05) is 0 Å². The molecule has 0 aliphatic heterocycles. The maximum absolute atomic E-state index is 13.2. The fourth-order valence-electron chi connectivity index (χ4n) is 1.14. The molecular formula is C9H5BrClFN2S. The minimum Gasteiger partial charge on any atom is -0.375 e. The zero-order valence-electron chi connectivity index (χ0n) is 7.30. The molecule has 0 unspecified atom stereocenters. The van der Waals surface area contributed by atoms with E-state index in [1.165, 1.54) is 23.5 Å². The summed E-state index contributed by atoms with van der Waals surface area (Å²) in [5.74, 6) is -0.465. The van der Waals surface area contributed by atoms with Crippen molar-refractivity contribution in [3.8, 4) is 11.3 Å². The molecule has 78 valence electrons. The third-order valence-corrected chi connectivity index (χ3v) is 3.64. The van der Waals surface area contributed by atoms with Crippen LogP contribution in [0.5, 0.6) is 0 Å². The Bertz CT molecular complexity index is 515. The Labute approximate surface area is 103 Å². The number of thiazole rings is 1. The lowest BCUT2D eigenvalue weighted by atomic mass is 10.2. The minimum atomic E-state index is -0.465. The molecule has 2 rings (SSSR count). The van der Waals surface area contributed by atoms with Gasteiger partial charge in [0.05, 0.1) is 14.5 Å². The van der Waals surface area contributed by atoms with Crippen LogP contribution in [0.1, 0.15) is 0 Å². The average molecular weight is 308 g/mol. The largest absolute Gasteiger partial charge is 0.375 e. The van der Waals surface area contributed by atoms with Crippen LogP contribution in [0.4, 0.5) is 9.52 Å². The molecule has 0 aliphatic carbocycles. The molecule has 0 atom stereocenters. The molecule has 0 aliphatic rings. The Balaban J connectivity index is 2.54. The molecule has 0 amide bonds. The summed E-state index contributed by atoms with van der Waals surface area (Å²) in [6.45, 7) is 0. The van der Waals surface area contributed by atoms with Crippen molar-refractivity contribution in [1.82, 2.24) is 4.98 Å². The van der Waals surface area contributed by atoms with Gasteiger partial charge in [-0.15, -0.1) is 0 Å².